The van der Waals surface area contributed by atoms with Gasteiger partial charge in [-0.25, -0.2) is 4.98 Å². The molecule has 3 nitrogen and oxygen atoms in total. The molecule has 1 aliphatic heterocycles. The third-order valence-corrected chi connectivity index (χ3v) is 2.96. The Labute approximate surface area is 95.2 Å². The zero-order chi connectivity index (χ0) is 10.7. The summed E-state index contributed by atoms with van der Waals surface area (Å²) < 4.78 is 0. The number of hydrogen-bond acceptors (Lipinski definition) is 3. The van der Waals surface area contributed by atoms with Crippen molar-refractivity contribution in [1.82, 2.24) is 10.3 Å². The molecule has 1 aromatic heterocycles. The zero-order valence-corrected chi connectivity index (χ0v) is 9.64. The van der Waals surface area contributed by atoms with Crippen LogP contribution in [-0.4, -0.2) is 24.1 Å². The third-order valence-electron chi connectivity index (χ3n) is 2.75. The molecule has 2 heterocycles. The van der Waals surface area contributed by atoms with Gasteiger partial charge in [0.2, 0.25) is 0 Å². The van der Waals surface area contributed by atoms with Crippen LogP contribution >= 0.6 is 11.6 Å². The van der Waals surface area contributed by atoms with Crippen molar-refractivity contribution in [2.24, 2.45) is 0 Å². The summed E-state index contributed by atoms with van der Waals surface area (Å²) in [6, 6.07) is 4.40. The Morgan fingerprint density at radius 2 is 2.47 bits per heavy atom. The number of nitrogens with one attached hydrogen (secondary N) is 2. The number of pyridine rings is 1. The van der Waals surface area contributed by atoms with Gasteiger partial charge in [0.05, 0.1) is 11.4 Å². The molecule has 1 atom stereocenters. The Bertz CT molecular complexity index is 335. The first-order valence-corrected chi connectivity index (χ1v) is 5.74. The van der Waals surface area contributed by atoms with E-state index in [1.807, 2.05) is 19.1 Å². The molecular formula is C11H16ClN3. The summed E-state index contributed by atoms with van der Waals surface area (Å²) in [4.78, 5) is 4.20. The van der Waals surface area contributed by atoms with Gasteiger partial charge in [-0.3, -0.25) is 0 Å². The van der Waals surface area contributed by atoms with Gasteiger partial charge >= 0.3 is 0 Å². The van der Waals surface area contributed by atoms with Gasteiger partial charge in [0.25, 0.3) is 0 Å². The predicted molar refractivity (Wildman–Crippen MR) is 63.5 cm³/mol. The fraction of sp³-hybridized carbons (Fsp3) is 0.545. The minimum absolute atomic E-state index is 0.553. The van der Waals surface area contributed by atoms with E-state index in [1.165, 1.54) is 12.8 Å². The van der Waals surface area contributed by atoms with E-state index in [0.29, 0.717) is 11.2 Å². The molecule has 0 saturated carbocycles. The van der Waals surface area contributed by atoms with Gasteiger partial charge in [-0.1, -0.05) is 11.6 Å². The Morgan fingerprint density at radius 1 is 1.60 bits per heavy atom. The zero-order valence-electron chi connectivity index (χ0n) is 8.89. The topological polar surface area (TPSA) is 37.0 Å². The summed E-state index contributed by atoms with van der Waals surface area (Å²) in [5.41, 5.74) is 2.04. The average molecular weight is 226 g/mol. The summed E-state index contributed by atoms with van der Waals surface area (Å²) in [6.45, 7) is 4.07. The van der Waals surface area contributed by atoms with Crippen molar-refractivity contribution >= 4 is 17.3 Å². The van der Waals surface area contributed by atoms with Gasteiger partial charge < -0.3 is 10.6 Å². The fourth-order valence-electron chi connectivity index (χ4n) is 1.88. The number of nitrogens with zero attached hydrogens (tertiary/aromatic N) is 1. The van der Waals surface area contributed by atoms with Crippen LogP contribution in [0.15, 0.2) is 12.1 Å². The summed E-state index contributed by atoms with van der Waals surface area (Å²) in [6.07, 6.45) is 2.54. The molecular weight excluding hydrogens is 210 g/mol. The van der Waals surface area contributed by atoms with Crippen molar-refractivity contribution in [2.45, 2.75) is 25.8 Å². The monoisotopic (exact) mass is 225 g/mol. The van der Waals surface area contributed by atoms with E-state index in [0.717, 1.165) is 24.5 Å². The van der Waals surface area contributed by atoms with Crippen molar-refractivity contribution in [2.75, 3.05) is 18.4 Å². The highest BCUT2D eigenvalue weighted by Gasteiger charge is 2.13. The first kappa shape index (κ1) is 10.7. The van der Waals surface area contributed by atoms with Crippen molar-refractivity contribution < 1.29 is 0 Å². The van der Waals surface area contributed by atoms with Gasteiger partial charge in [-0.05, 0) is 38.4 Å². The van der Waals surface area contributed by atoms with Crippen LogP contribution in [-0.2, 0) is 0 Å². The lowest BCUT2D eigenvalue weighted by Gasteiger charge is -2.13. The number of aromatic nitrogens is 1. The van der Waals surface area contributed by atoms with Gasteiger partial charge in [0.1, 0.15) is 5.15 Å². The summed E-state index contributed by atoms with van der Waals surface area (Å²) >= 11 is 5.79. The van der Waals surface area contributed by atoms with Gasteiger partial charge in [-0.2, -0.15) is 0 Å². The van der Waals surface area contributed by atoms with Crippen molar-refractivity contribution in [3.05, 3.63) is 23.0 Å². The van der Waals surface area contributed by atoms with Crippen LogP contribution in [0.25, 0.3) is 0 Å². The molecule has 1 saturated heterocycles. The predicted octanol–water partition coefficient (Wildman–Crippen LogP) is 2.21. The van der Waals surface area contributed by atoms with E-state index < -0.39 is 0 Å². The molecule has 0 amide bonds. The molecule has 0 bridgehead atoms. The maximum Gasteiger partial charge on any atom is 0.129 e. The van der Waals surface area contributed by atoms with Crippen LogP contribution in [0.5, 0.6) is 0 Å². The maximum absolute atomic E-state index is 5.79. The lowest BCUT2D eigenvalue weighted by Crippen LogP contribution is -2.29. The lowest BCUT2D eigenvalue weighted by molar-refractivity contribution is 0.633. The summed E-state index contributed by atoms with van der Waals surface area (Å²) in [5, 5.41) is 7.40. The molecule has 4 heteroatoms. The van der Waals surface area contributed by atoms with E-state index in [-0.39, 0.29) is 0 Å². The maximum atomic E-state index is 5.79. The van der Waals surface area contributed by atoms with E-state index in [9.17, 15) is 0 Å². The van der Waals surface area contributed by atoms with Crippen LogP contribution < -0.4 is 10.6 Å². The number of rotatable bonds is 3. The summed E-state index contributed by atoms with van der Waals surface area (Å²) in [7, 11) is 0. The Hall–Kier alpha value is -0.800. The number of aryl methyl sites for hydroxylation is 1. The molecule has 82 valence electrons. The van der Waals surface area contributed by atoms with Crippen LogP contribution in [0.1, 0.15) is 18.5 Å². The average Bonchev–Trinajstić information content (AvgIpc) is 2.69. The highest BCUT2D eigenvalue weighted by atomic mass is 35.5. The first-order chi connectivity index (χ1) is 7.25. The van der Waals surface area contributed by atoms with E-state index in [2.05, 4.69) is 15.6 Å². The van der Waals surface area contributed by atoms with E-state index in [1.54, 1.807) is 0 Å². The quantitative estimate of drug-likeness (QED) is 0.775. The molecule has 1 aliphatic rings. The summed E-state index contributed by atoms with van der Waals surface area (Å²) in [5.74, 6) is 0. The first-order valence-electron chi connectivity index (χ1n) is 5.36. The van der Waals surface area contributed by atoms with Gasteiger partial charge in [0.15, 0.2) is 0 Å². The molecule has 1 unspecified atom stereocenters. The molecule has 0 aromatic carbocycles. The highest BCUT2D eigenvalue weighted by Crippen LogP contribution is 2.16. The van der Waals surface area contributed by atoms with E-state index >= 15 is 0 Å². The Morgan fingerprint density at radius 3 is 3.13 bits per heavy atom. The van der Waals surface area contributed by atoms with Gasteiger partial charge in [-0.15, -0.1) is 0 Å². The SMILES string of the molecule is Cc1nc(Cl)ccc1NCC1CCCN1. The van der Waals surface area contributed by atoms with Gasteiger partial charge in [0, 0.05) is 12.6 Å². The second-order valence-electron chi connectivity index (χ2n) is 3.94. The van der Waals surface area contributed by atoms with Crippen LogP contribution in [0, 0.1) is 6.92 Å². The second kappa shape index (κ2) is 4.81. The van der Waals surface area contributed by atoms with E-state index in [4.69, 9.17) is 11.6 Å². The molecule has 0 radical (unpaired) electrons. The van der Waals surface area contributed by atoms with Crippen LogP contribution in [0.3, 0.4) is 0 Å². The molecule has 0 spiro atoms. The Kier molecular flexibility index (Phi) is 3.44. The van der Waals surface area contributed by atoms with Crippen LogP contribution in [0.4, 0.5) is 5.69 Å². The third kappa shape index (κ3) is 2.83. The highest BCUT2D eigenvalue weighted by molar-refractivity contribution is 6.29. The fourth-order valence-corrected chi connectivity index (χ4v) is 2.07. The molecule has 0 aliphatic carbocycles. The molecule has 2 rings (SSSR count). The largest absolute Gasteiger partial charge is 0.382 e. The number of hydrogen-bond donors (Lipinski definition) is 2. The Balaban J connectivity index is 1.92. The molecule has 1 aromatic rings. The molecule has 1 fully saturated rings. The smallest absolute Gasteiger partial charge is 0.129 e. The molecule has 15 heavy (non-hydrogen) atoms. The van der Waals surface area contributed by atoms with Crippen molar-refractivity contribution in [1.29, 1.82) is 0 Å². The van der Waals surface area contributed by atoms with Crippen molar-refractivity contribution in [3.8, 4) is 0 Å². The minimum Gasteiger partial charge on any atom is -0.382 e. The normalized spacial score (nSPS) is 20.5. The standard InChI is InChI=1S/C11H16ClN3/c1-8-10(4-5-11(12)15-8)14-7-9-3-2-6-13-9/h4-5,9,13-14H,2-3,6-7H2,1H3. The second-order valence-corrected chi connectivity index (χ2v) is 4.33. The van der Waals surface area contributed by atoms with Crippen LogP contribution in [0.2, 0.25) is 5.15 Å². The minimum atomic E-state index is 0.553. The number of anilines is 1. The lowest BCUT2D eigenvalue weighted by atomic mass is 10.2. The molecule has 2 N–H and O–H groups in total. The number of halogens is 1. The van der Waals surface area contributed by atoms with Crippen molar-refractivity contribution in [3.63, 3.8) is 0 Å².